The molecule has 1 rings (SSSR count). The fraction of sp³-hybridized carbons (Fsp3) is 0.409. The van der Waals surface area contributed by atoms with E-state index >= 15 is 0 Å². The lowest BCUT2D eigenvalue weighted by molar-refractivity contribution is -0.139. The molecule has 26 heavy (non-hydrogen) atoms. The van der Waals surface area contributed by atoms with Gasteiger partial charge < -0.3 is 9.47 Å². The molecule has 3 nitrogen and oxygen atoms in total. The molecule has 0 bridgehead atoms. The summed E-state index contributed by atoms with van der Waals surface area (Å²) >= 11 is 6.35. The topological polar surface area (TPSA) is 35.5 Å². The monoisotopic (exact) mass is 376 g/mol. The van der Waals surface area contributed by atoms with Gasteiger partial charge in [-0.3, -0.25) is 4.79 Å². The lowest BCUT2D eigenvalue weighted by Crippen LogP contribution is -1.98. The summed E-state index contributed by atoms with van der Waals surface area (Å²) in [5, 5.41) is 0.660. The maximum absolute atomic E-state index is 10.7. The smallest absolute Gasteiger partial charge is 0.302 e. The van der Waals surface area contributed by atoms with Crippen LogP contribution in [0.25, 0.3) is 6.08 Å². The Morgan fingerprint density at radius 3 is 2.50 bits per heavy atom. The van der Waals surface area contributed by atoms with Crippen molar-refractivity contribution >= 4 is 23.6 Å². The molecule has 0 atom stereocenters. The van der Waals surface area contributed by atoms with E-state index in [1.807, 2.05) is 19.1 Å². The average molecular weight is 377 g/mol. The van der Waals surface area contributed by atoms with Crippen molar-refractivity contribution in [3.05, 3.63) is 57.2 Å². The number of aryl methyl sites for hydroxylation is 1. The molecule has 0 spiro atoms. The van der Waals surface area contributed by atoms with Crippen LogP contribution in [0.2, 0.25) is 5.02 Å². The summed E-state index contributed by atoms with van der Waals surface area (Å²) in [5.41, 5.74) is 5.70. The first-order valence-electron chi connectivity index (χ1n) is 8.73. The number of carbonyl (C=O) groups excluding carboxylic acids is 1. The quantitative estimate of drug-likeness (QED) is 0.307. The van der Waals surface area contributed by atoms with Gasteiger partial charge in [-0.25, -0.2) is 0 Å². The van der Waals surface area contributed by atoms with Crippen molar-refractivity contribution in [1.82, 2.24) is 0 Å². The molecule has 1 aromatic rings. The predicted molar refractivity (Wildman–Crippen MR) is 110 cm³/mol. The molecule has 0 amide bonds. The van der Waals surface area contributed by atoms with Crippen LogP contribution in [0, 0.1) is 13.8 Å². The molecule has 142 valence electrons. The third kappa shape index (κ3) is 7.09. The number of ether oxygens (including phenoxy) is 2. The maximum atomic E-state index is 10.7. The van der Waals surface area contributed by atoms with Gasteiger partial charge in [0.25, 0.3) is 0 Å². The van der Waals surface area contributed by atoms with E-state index in [9.17, 15) is 4.79 Å². The van der Waals surface area contributed by atoms with Crippen LogP contribution in [0.4, 0.5) is 0 Å². The second-order valence-corrected chi connectivity index (χ2v) is 6.80. The summed E-state index contributed by atoms with van der Waals surface area (Å²) in [4.78, 5) is 10.7. The van der Waals surface area contributed by atoms with Gasteiger partial charge >= 0.3 is 5.97 Å². The van der Waals surface area contributed by atoms with Crippen LogP contribution in [-0.4, -0.2) is 19.7 Å². The normalized spacial score (nSPS) is 12.6. The highest BCUT2D eigenvalue weighted by Gasteiger charge is 2.10. The van der Waals surface area contributed by atoms with Gasteiger partial charge in [-0.15, -0.1) is 0 Å². The first kappa shape index (κ1) is 22.0. The summed E-state index contributed by atoms with van der Waals surface area (Å²) in [6, 6.07) is 1.96. The van der Waals surface area contributed by atoms with Crippen molar-refractivity contribution in [2.45, 2.75) is 47.5 Å². The van der Waals surface area contributed by atoms with Gasteiger partial charge in [0.15, 0.2) is 0 Å². The molecule has 0 aliphatic carbocycles. The predicted octanol–water partition coefficient (Wildman–Crippen LogP) is 6.21. The molecule has 0 saturated heterocycles. The largest absolute Gasteiger partial charge is 0.495 e. The lowest BCUT2D eigenvalue weighted by atomic mass is 10.0. The van der Waals surface area contributed by atoms with Crippen LogP contribution in [0.3, 0.4) is 0 Å². The van der Waals surface area contributed by atoms with E-state index in [0.29, 0.717) is 17.4 Å². The number of benzene rings is 1. The number of allylic oxidation sites excluding steroid dienone is 4. The molecule has 0 fully saturated rings. The second-order valence-electron chi connectivity index (χ2n) is 6.42. The standard InChI is InChI=1S/C22H29ClO3/c1-15(8-7-9-16(2)12-13-26-19(5)24)10-11-20-17(3)14-21(25-6)22(23)18(20)4/h8,10-12,14H,7,9,13H2,1-6H3/b11-10+,15-8+,16-12+. The third-order valence-electron chi connectivity index (χ3n) is 4.18. The first-order chi connectivity index (χ1) is 12.3. The number of hydrogen-bond donors (Lipinski definition) is 0. The van der Waals surface area contributed by atoms with Gasteiger partial charge in [0.2, 0.25) is 0 Å². The molecule has 1 aromatic carbocycles. The zero-order chi connectivity index (χ0) is 19.7. The van der Waals surface area contributed by atoms with Crippen LogP contribution >= 0.6 is 11.6 Å². The van der Waals surface area contributed by atoms with Crippen LogP contribution in [0.15, 0.2) is 35.4 Å². The van der Waals surface area contributed by atoms with Crippen LogP contribution in [0.1, 0.15) is 50.3 Å². The van der Waals surface area contributed by atoms with Crippen LogP contribution in [-0.2, 0) is 9.53 Å². The number of methoxy groups -OCH3 is 1. The Labute approximate surface area is 162 Å². The zero-order valence-electron chi connectivity index (χ0n) is 16.6. The minimum absolute atomic E-state index is 0.251. The van der Waals surface area contributed by atoms with Crippen molar-refractivity contribution in [2.24, 2.45) is 0 Å². The average Bonchev–Trinajstić information content (AvgIpc) is 2.57. The maximum Gasteiger partial charge on any atom is 0.302 e. The van der Waals surface area contributed by atoms with Gasteiger partial charge in [-0.2, -0.15) is 0 Å². The Kier molecular flexibility index (Phi) is 9.22. The molecular formula is C22H29ClO3. The molecule has 4 heteroatoms. The van der Waals surface area contributed by atoms with E-state index in [1.54, 1.807) is 7.11 Å². The molecule has 0 radical (unpaired) electrons. The SMILES string of the molecule is COc1cc(C)c(/C=C/C(C)=C/CC/C(C)=C/COC(C)=O)c(C)c1Cl. The zero-order valence-corrected chi connectivity index (χ0v) is 17.4. The van der Waals surface area contributed by atoms with E-state index in [-0.39, 0.29) is 5.97 Å². The van der Waals surface area contributed by atoms with Crippen molar-refractivity contribution in [1.29, 1.82) is 0 Å². The van der Waals surface area contributed by atoms with E-state index in [0.717, 1.165) is 29.5 Å². The third-order valence-corrected chi connectivity index (χ3v) is 4.65. The molecule has 0 N–H and O–H groups in total. The van der Waals surface area contributed by atoms with Gasteiger partial charge in [-0.05, 0) is 69.4 Å². The number of halogens is 1. The van der Waals surface area contributed by atoms with E-state index in [2.05, 4.69) is 39.0 Å². The van der Waals surface area contributed by atoms with Crippen molar-refractivity contribution in [3.8, 4) is 5.75 Å². The Bertz CT molecular complexity index is 727. The van der Waals surface area contributed by atoms with Gasteiger partial charge in [0.1, 0.15) is 12.4 Å². The summed E-state index contributed by atoms with van der Waals surface area (Å²) < 4.78 is 10.2. The van der Waals surface area contributed by atoms with Crippen molar-refractivity contribution < 1.29 is 14.3 Å². The van der Waals surface area contributed by atoms with Crippen molar-refractivity contribution in [3.63, 3.8) is 0 Å². The Hall–Kier alpha value is -2.00. The van der Waals surface area contributed by atoms with Crippen molar-refractivity contribution in [2.75, 3.05) is 13.7 Å². The number of rotatable bonds is 8. The molecule has 0 aliphatic heterocycles. The summed E-state index contributed by atoms with van der Waals surface area (Å²) in [6.07, 6.45) is 10.3. The highest BCUT2D eigenvalue weighted by Crippen LogP contribution is 2.33. The van der Waals surface area contributed by atoms with Gasteiger partial charge in [0.05, 0.1) is 12.1 Å². The Morgan fingerprint density at radius 2 is 1.88 bits per heavy atom. The Balaban J connectivity index is 2.70. The highest BCUT2D eigenvalue weighted by molar-refractivity contribution is 6.33. The number of carbonyl (C=O) groups is 1. The highest BCUT2D eigenvalue weighted by atomic mass is 35.5. The minimum atomic E-state index is -0.251. The fourth-order valence-electron chi connectivity index (χ4n) is 2.56. The minimum Gasteiger partial charge on any atom is -0.495 e. The summed E-state index contributed by atoms with van der Waals surface area (Å²) in [6.45, 7) is 9.97. The molecule has 0 aliphatic rings. The molecular weight excluding hydrogens is 348 g/mol. The molecule has 0 aromatic heterocycles. The van der Waals surface area contributed by atoms with E-state index < -0.39 is 0 Å². The van der Waals surface area contributed by atoms with E-state index in [1.165, 1.54) is 18.1 Å². The van der Waals surface area contributed by atoms with Gasteiger partial charge in [0, 0.05) is 6.92 Å². The first-order valence-corrected chi connectivity index (χ1v) is 9.11. The van der Waals surface area contributed by atoms with E-state index in [4.69, 9.17) is 21.1 Å². The number of esters is 1. The van der Waals surface area contributed by atoms with Crippen LogP contribution < -0.4 is 4.74 Å². The molecule has 0 saturated carbocycles. The molecule has 0 heterocycles. The molecule has 0 unspecified atom stereocenters. The second kappa shape index (κ2) is 10.9. The van der Waals surface area contributed by atoms with Crippen LogP contribution in [0.5, 0.6) is 5.75 Å². The number of hydrogen-bond acceptors (Lipinski definition) is 3. The van der Waals surface area contributed by atoms with Gasteiger partial charge in [-0.1, -0.05) is 41.0 Å². The Morgan fingerprint density at radius 1 is 1.19 bits per heavy atom. The lowest BCUT2D eigenvalue weighted by Gasteiger charge is -2.12. The fourth-order valence-corrected chi connectivity index (χ4v) is 2.79. The summed E-state index contributed by atoms with van der Waals surface area (Å²) in [7, 11) is 1.63. The summed E-state index contributed by atoms with van der Waals surface area (Å²) in [5.74, 6) is 0.459.